The van der Waals surface area contributed by atoms with Crippen molar-refractivity contribution in [2.45, 2.75) is 6.18 Å². The van der Waals surface area contributed by atoms with Crippen LogP contribution in [0.1, 0.15) is 10.4 Å². The van der Waals surface area contributed by atoms with Gasteiger partial charge in [-0.3, -0.25) is 4.79 Å². The number of benzene rings is 1. The molecule has 0 spiro atoms. The SMILES string of the molecule is O=C(NCCOCC(F)(F)F)c1c[nH]c2ccccc12. The van der Waals surface area contributed by atoms with E-state index in [2.05, 4.69) is 15.0 Å². The average Bonchev–Trinajstić information content (AvgIpc) is 2.80. The Bertz CT molecular complexity index is 593. The van der Waals surface area contributed by atoms with Gasteiger partial charge in [-0.25, -0.2) is 0 Å². The molecule has 2 rings (SSSR count). The Morgan fingerprint density at radius 3 is 2.80 bits per heavy atom. The fourth-order valence-corrected chi connectivity index (χ4v) is 1.78. The van der Waals surface area contributed by atoms with E-state index in [0.717, 1.165) is 10.9 Å². The van der Waals surface area contributed by atoms with Crippen molar-refractivity contribution in [3.8, 4) is 0 Å². The number of ether oxygens (including phenoxy) is 1. The van der Waals surface area contributed by atoms with E-state index in [1.165, 1.54) is 0 Å². The third-order valence-corrected chi connectivity index (χ3v) is 2.63. The van der Waals surface area contributed by atoms with Crippen molar-refractivity contribution in [2.24, 2.45) is 0 Å². The van der Waals surface area contributed by atoms with Crippen molar-refractivity contribution in [1.82, 2.24) is 10.3 Å². The zero-order valence-electron chi connectivity index (χ0n) is 10.5. The second kappa shape index (κ2) is 5.96. The maximum atomic E-state index is 11.9. The third kappa shape index (κ3) is 3.74. The lowest BCUT2D eigenvalue weighted by Crippen LogP contribution is -2.28. The lowest BCUT2D eigenvalue weighted by atomic mass is 10.1. The number of carbonyl (C=O) groups is 1. The highest BCUT2D eigenvalue weighted by Gasteiger charge is 2.27. The molecule has 0 aliphatic carbocycles. The van der Waals surface area contributed by atoms with Gasteiger partial charge < -0.3 is 15.0 Å². The van der Waals surface area contributed by atoms with Gasteiger partial charge in [0.1, 0.15) is 6.61 Å². The molecule has 0 aliphatic rings. The van der Waals surface area contributed by atoms with Crippen LogP contribution in [0.25, 0.3) is 10.9 Å². The highest BCUT2D eigenvalue weighted by molar-refractivity contribution is 6.06. The van der Waals surface area contributed by atoms with Crippen molar-refractivity contribution in [3.05, 3.63) is 36.0 Å². The molecule has 0 radical (unpaired) electrons. The summed E-state index contributed by atoms with van der Waals surface area (Å²) in [6.45, 7) is -1.47. The number of aromatic amines is 1. The van der Waals surface area contributed by atoms with Gasteiger partial charge in [0.15, 0.2) is 0 Å². The lowest BCUT2D eigenvalue weighted by Gasteiger charge is -2.08. The zero-order valence-corrected chi connectivity index (χ0v) is 10.5. The van der Waals surface area contributed by atoms with E-state index < -0.39 is 12.8 Å². The number of fused-ring (bicyclic) bond motifs is 1. The summed E-state index contributed by atoms with van der Waals surface area (Å²) in [6, 6.07) is 7.27. The molecule has 0 saturated carbocycles. The van der Waals surface area contributed by atoms with Crippen LogP contribution in [-0.2, 0) is 4.74 Å². The van der Waals surface area contributed by atoms with Gasteiger partial charge in [0.25, 0.3) is 5.91 Å². The molecule has 4 nitrogen and oxygen atoms in total. The van der Waals surface area contributed by atoms with Gasteiger partial charge in [-0.2, -0.15) is 13.2 Å². The van der Waals surface area contributed by atoms with Crippen LogP contribution in [0.15, 0.2) is 30.5 Å². The number of aromatic nitrogens is 1. The molecule has 0 aliphatic heterocycles. The first-order valence-corrected chi connectivity index (χ1v) is 5.96. The van der Waals surface area contributed by atoms with Gasteiger partial charge in [-0.05, 0) is 6.07 Å². The monoisotopic (exact) mass is 286 g/mol. The van der Waals surface area contributed by atoms with Gasteiger partial charge in [-0.1, -0.05) is 18.2 Å². The Labute approximate surface area is 112 Å². The summed E-state index contributed by atoms with van der Waals surface area (Å²) in [7, 11) is 0. The summed E-state index contributed by atoms with van der Waals surface area (Å²) in [5.41, 5.74) is 1.28. The molecular formula is C13H13F3N2O2. The Morgan fingerprint density at radius 2 is 2.05 bits per heavy atom. The Morgan fingerprint density at radius 1 is 1.30 bits per heavy atom. The standard InChI is InChI=1S/C13H13F3N2O2/c14-13(15,16)8-20-6-5-17-12(19)10-7-18-11-4-2-1-3-9(10)11/h1-4,7,18H,5-6,8H2,(H,17,19). The minimum Gasteiger partial charge on any atom is -0.370 e. The van der Waals surface area contributed by atoms with Gasteiger partial charge >= 0.3 is 6.18 Å². The van der Waals surface area contributed by atoms with Gasteiger partial charge in [0.2, 0.25) is 0 Å². The van der Waals surface area contributed by atoms with Gasteiger partial charge in [0, 0.05) is 23.6 Å². The normalized spacial score (nSPS) is 11.8. The summed E-state index contributed by atoms with van der Waals surface area (Å²) < 4.78 is 39.9. The summed E-state index contributed by atoms with van der Waals surface area (Å²) in [6.07, 6.45) is -2.78. The number of para-hydroxylation sites is 1. The molecule has 20 heavy (non-hydrogen) atoms. The van der Waals surface area contributed by atoms with E-state index in [1.807, 2.05) is 12.1 Å². The highest BCUT2D eigenvalue weighted by atomic mass is 19.4. The van der Waals surface area contributed by atoms with Crippen molar-refractivity contribution < 1.29 is 22.7 Å². The number of alkyl halides is 3. The zero-order chi connectivity index (χ0) is 14.6. The molecule has 2 N–H and O–H groups in total. The van der Waals surface area contributed by atoms with Crippen LogP contribution >= 0.6 is 0 Å². The number of halogens is 3. The number of amides is 1. The van der Waals surface area contributed by atoms with E-state index in [0.29, 0.717) is 5.56 Å². The molecule has 0 fully saturated rings. The number of nitrogens with one attached hydrogen (secondary N) is 2. The van der Waals surface area contributed by atoms with Gasteiger partial charge in [0.05, 0.1) is 12.2 Å². The van der Waals surface area contributed by atoms with Crippen LogP contribution in [0.4, 0.5) is 13.2 Å². The van der Waals surface area contributed by atoms with E-state index >= 15 is 0 Å². The van der Waals surface area contributed by atoms with E-state index in [1.54, 1.807) is 18.3 Å². The molecule has 0 atom stereocenters. The predicted octanol–water partition coefficient (Wildman–Crippen LogP) is 2.48. The maximum Gasteiger partial charge on any atom is 0.411 e. The second-order valence-corrected chi connectivity index (χ2v) is 4.17. The van der Waals surface area contributed by atoms with Crippen LogP contribution in [-0.4, -0.2) is 36.8 Å². The quantitative estimate of drug-likeness (QED) is 0.830. The first-order valence-electron chi connectivity index (χ1n) is 5.96. The topological polar surface area (TPSA) is 54.1 Å². The molecule has 1 amide bonds. The minimum atomic E-state index is -4.35. The van der Waals surface area contributed by atoms with Crippen molar-refractivity contribution >= 4 is 16.8 Å². The van der Waals surface area contributed by atoms with Crippen LogP contribution in [0.5, 0.6) is 0 Å². The van der Waals surface area contributed by atoms with Crippen LogP contribution in [0.2, 0.25) is 0 Å². The summed E-state index contributed by atoms with van der Waals surface area (Å²) in [5, 5.41) is 3.28. The third-order valence-electron chi connectivity index (χ3n) is 2.63. The van der Waals surface area contributed by atoms with Crippen molar-refractivity contribution in [3.63, 3.8) is 0 Å². The molecule has 1 heterocycles. The molecule has 0 bridgehead atoms. The van der Waals surface area contributed by atoms with Gasteiger partial charge in [-0.15, -0.1) is 0 Å². The summed E-state index contributed by atoms with van der Waals surface area (Å²) >= 11 is 0. The largest absolute Gasteiger partial charge is 0.411 e. The first-order chi connectivity index (χ1) is 9.47. The lowest BCUT2D eigenvalue weighted by molar-refractivity contribution is -0.173. The average molecular weight is 286 g/mol. The smallest absolute Gasteiger partial charge is 0.370 e. The van der Waals surface area contributed by atoms with Crippen molar-refractivity contribution in [1.29, 1.82) is 0 Å². The number of hydrogen-bond donors (Lipinski definition) is 2. The minimum absolute atomic E-state index is 0.0222. The molecule has 1 aromatic carbocycles. The van der Waals surface area contributed by atoms with Crippen LogP contribution in [0.3, 0.4) is 0 Å². The van der Waals surface area contributed by atoms with E-state index in [4.69, 9.17) is 0 Å². The number of hydrogen-bond acceptors (Lipinski definition) is 2. The molecular weight excluding hydrogens is 273 g/mol. The summed E-state index contributed by atoms with van der Waals surface area (Å²) in [5.74, 6) is -0.349. The van der Waals surface area contributed by atoms with E-state index in [-0.39, 0.29) is 19.1 Å². The fraction of sp³-hybridized carbons (Fsp3) is 0.308. The molecule has 1 aromatic heterocycles. The molecule has 108 valence electrons. The number of rotatable bonds is 5. The van der Waals surface area contributed by atoms with Crippen molar-refractivity contribution in [2.75, 3.05) is 19.8 Å². The molecule has 7 heteroatoms. The second-order valence-electron chi connectivity index (χ2n) is 4.17. The highest BCUT2D eigenvalue weighted by Crippen LogP contribution is 2.17. The number of H-pyrrole nitrogens is 1. The fourth-order valence-electron chi connectivity index (χ4n) is 1.78. The summed E-state index contributed by atoms with van der Waals surface area (Å²) in [4.78, 5) is 14.8. The first kappa shape index (κ1) is 14.4. The molecule has 2 aromatic rings. The Balaban J connectivity index is 1.84. The molecule has 0 unspecified atom stereocenters. The van der Waals surface area contributed by atoms with Crippen LogP contribution < -0.4 is 5.32 Å². The molecule has 0 saturated heterocycles. The van der Waals surface area contributed by atoms with Crippen LogP contribution in [0, 0.1) is 0 Å². The Kier molecular flexibility index (Phi) is 4.29. The predicted molar refractivity (Wildman–Crippen MR) is 67.5 cm³/mol. The Hall–Kier alpha value is -2.02. The maximum absolute atomic E-state index is 11.9. The van der Waals surface area contributed by atoms with E-state index in [9.17, 15) is 18.0 Å². The number of carbonyl (C=O) groups excluding carboxylic acids is 1.